The Balaban J connectivity index is 1.45. The van der Waals surface area contributed by atoms with E-state index in [0.717, 1.165) is 17.7 Å². The van der Waals surface area contributed by atoms with Crippen molar-refractivity contribution in [3.8, 4) is 5.75 Å². The number of hydrogen-bond donors (Lipinski definition) is 1. The summed E-state index contributed by atoms with van der Waals surface area (Å²) in [5, 5.41) is 2.89. The summed E-state index contributed by atoms with van der Waals surface area (Å²) in [5.41, 5.74) is 3.05. The molecule has 2 fully saturated rings. The Labute approximate surface area is 206 Å². The number of hydrogen-bond acceptors (Lipinski definition) is 6. The van der Waals surface area contributed by atoms with Crippen LogP contribution in [0.4, 0.5) is 11.4 Å². The van der Waals surface area contributed by atoms with Gasteiger partial charge in [-0.15, -0.1) is 0 Å². The summed E-state index contributed by atoms with van der Waals surface area (Å²) in [7, 11) is -2.14. The van der Waals surface area contributed by atoms with Crippen LogP contribution in [0.1, 0.15) is 30.4 Å². The minimum atomic E-state index is -3.65. The molecule has 10 heteroatoms. The lowest BCUT2D eigenvalue weighted by Crippen LogP contribution is -2.40. The quantitative estimate of drug-likeness (QED) is 0.596. The molecule has 9 nitrogen and oxygen atoms in total. The maximum absolute atomic E-state index is 13.0. The molecule has 0 aromatic heterocycles. The molecule has 2 aliphatic heterocycles. The number of nitrogens with one attached hydrogen (secondary N) is 1. The highest BCUT2D eigenvalue weighted by Gasteiger charge is 2.27. The fourth-order valence-corrected chi connectivity index (χ4v) is 5.86. The summed E-state index contributed by atoms with van der Waals surface area (Å²) in [6, 6.07) is 10.3. The lowest BCUT2D eigenvalue weighted by molar-refractivity contribution is -0.117. The van der Waals surface area contributed by atoms with Crippen LogP contribution in [0.2, 0.25) is 0 Å². The maximum atomic E-state index is 13.0. The third kappa shape index (κ3) is 5.66. The van der Waals surface area contributed by atoms with E-state index in [2.05, 4.69) is 5.32 Å². The summed E-state index contributed by atoms with van der Waals surface area (Å²) in [6.07, 6.45) is 1.82. The SMILES string of the molecule is COc1ccc(S(=O)(=O)N2CCOCC2)cc1CCC(=O)Nc1ccc(C)c(N2CCCC2=O)c1. The van der Waals surface area contributed by atoms with E-state index in [1.807, 2.05) is 25.1 Å². The summed E-state index contributed by atoms with van der Waals surface area (Å²) < 4.78 is 38.1. The van der Waals surface area contributed by atoms with Gasteiger partial charge in [-0.1, -0.05) is 6.07 Å². The van der Waals surface area contributed by atoms with Gasteiger partial charge in [0.05, 0.1) is 25.2 Å². The first kappa shape index (κ1) is 25.2. The largest absolute Gasteiger partial charge is 0.496 e. The normalized spacial score (nSPS) is 17.0. The van der Waals surface area contributed by atoms with Crippen molar-refractivity contribution < 1.29 is 27.5 Å². The molecule has 188 valence electrons. The van der Waals surface area contributed by atoms with Crippen molar-refractivity contribution in [1.29, 1.82) is 0 Å². The van der Waals surface area contributed by atoms with Gasteiger partial charge < -0.3 is 19.7 Å². The van der Waals surface area contributed by atoms with E-state index < -0.39 is 10.0 Å². The molecule has 1 N–H and O–H groups in total. The zero-order valence-electron chi connectivity index (χ0n) is 20.1. The van der Waals surface area contributed by atoms with E-state index in [4.69, 9.17) is 9.47 Å². The van der Waals surface area contributed by atoms with Crippen molar-refractivity contribution in [2.45, 2.75) is 37.5 Å². The minimum absolute atomic E-state index is 0.0931. The smallest absolute Gasteiger partial charge is 0.243 e. The first-order valence-electron chi connectivity index (χ1n) is 11.8. The number of anilines is 2. The van der Waals surface area contributed by atoms with Crippen LogP contribution < -0.4 is 15.0 Å². The van der Waals surface area contributed by atoms with Crippen LogP contribution in [-0.2, 0) is 30.8 Å². The summed E-state index contributed by atoms with van der Waals surface area (Å²) in [6.45, 7) is 3.99. The molecule has 2 saturated heterocycles. The minimum Gasteiger partial charge on any atom is -0.496 e. The van der Waals surface area contributed by atoms with Crippen LogP contribution in [0.3, 0.4) is 0 Å². The molecule has 0 aliphatic carbocycles. The summed E-state index contributed by atoms with van der Waals surface area (Å²) in [4.78, 5) is 26.8. The Bertz CT molecular complexity index is 1210. The molecule has 35 heavy (non-hydrogen) atoms. The average molecular weight is 502 g/mol. The number of morpholine rings is 1. The van der Waals surface area contributed by atoms with E-state index in [1.54, 1.807) is 17.0 Å². The summed E-state index contributed by atoms with van der Waals surface area (Å²) in [5.74, 6) is 0.413. The van der Waals surface area contributed by atoms with E-state index in [-0.39, 0.29) is 23.1 Å². The number of carbonyl (C=O) groups excluding carboxylic acids is 2. The first-order valence-corrected chi connectivity index (χ1v) is 13.2. The van der Waals surface area contributed by atoms with E-state index in [9.17, 15) is 18.0 Å². The first-order chi connectivity index (χ1) is 16.8. The molecule has 0 atom stereocenters. The number of carbonyl (C=O) groups is 2. The van der Waals surface area contributed by atoms with Crippen LogP contribution in [0.5, 0.6) is 5.75 Å². The van der Waals surface area contributed by atoms with Gasteiger partial charge in [0, 0.05) is 43.9 Å². The second-order valence-corrected chi connectivity index (χ2v) is 10.6. The van der Waals surface area contributed by atoms with Crippen molar-refractivity contribution >= 4 is 33.2 Å². The predicted octanol–water partition coefficient (Wildman–Crippen LogP) is 2.72. The highest BCUT2D eigenvalue weighted by molar-refractivity contribution is 7.89. The monoisotopic (exact) mass is 501 g/mol. The van der Waals surface area contributed by atoms with E-state index in [0.29, 0.717) is 62.7 Å². The van der Waals surface area contributed by atoms with E-state index in [1.165, 1.54) is 17.5 Å². The van der Waals surface area contributed by atoms with Gasteiger partial charge in [-0.25, -0.2) is 8.42 Å². The highest BCUT2D eigenvalue weighted by atomic mass is 32.2. The maximum Gasteiger partial charge on any atom is 0.243 e. The number of methoxy groups -OCH3 is 1. The molecule has 2 aromatic carbocycles. The van der Waals surface area contributed by atoms with Crippen molar-refractivity contribution in [1.82, 2.24) is 4.31 Å². The van der Waals surface area contributed by atoms with Gasteiger partial charge >= 0.3 is 0 Å². The Hall–Kier alpha value is -2.95. The Kier molecular flexibility index (Phi) is 7.73. The molecular weight excluding hydrogens is 470 g/mol. The van der Waals surface area contributed by atoms with Crippen LogP contribution in [0, 0.1) is 6.92 Å². The number of aryl methyl sites for hydroxylation is 2. The molecule has 2 amide bonds. The van der Waals surface area contributed by atoms with Gasteiger partial charge in [-0.3, -0.25) is 9.59 Å². The third-order valence-electron chi connectivity index (χ3n) is 6.34. The zero-order valence-corrected chi connectivity index (χ0v) is 20.9. The van der Waals surface area contributed by atoms with Crippen molar-refractivity contribution in [2.75, 3.05) is 50.2 Å². The van der Waals surface area contributed by atoms with Gasteiger partial charge in [-0.05, 0) is 61.2 Å². The van der Waals surface area contributed by atoms with Crippen LogP contribution in [-0.4, -0.2) is 64.5 Å². The van der Waals surface area contributed by atoms with Crippen LogP contribution in [0.25, 0.3) is 0 Å². The number of nitrogens with zero attached hydrogens (tertiary/aromatic N) is 2. The number of sulfonamides is 1. The number of amides is 2. The second kappa shape index (κ2) is 10.8. The number of rotatable bonds is 8. The average Bonchev–Trinajstić information content (AvgIpc) is 3.29. The van der Waals surface area contributed by atoms with Gasteiger partial charge in [0.1, 0.15) is 5.75 Å². The van der Waals surface area contributed by atoms with Gasteiger partial charge in [0.25, 0.3) is 0 Å². The molecule has 2 heterocycles. The van der Waals surface area contributed by atoms with Crippen molar-refractivity contribution in [3.63, 3.8) is 0 Å². The second-order valence-electron chi connectivity index (χ2n) is 8.69. The van der Waals surface area contributed by atoms with Gasteiger partial charge in [0.2, 0.25) is 21.8 Å². The lowest BCUT2D eigenvalue weighted by Gasteiger charge is -2.26. The van der Waals surface area contributed by atoms with Crippen molar-refractivity contribution in [3.05, 3.63) is 47.5 Å². The topological polar surface area (TPSA) is 105 Å². The predicted molar refractivity (Wildman–Crippen MR) is 132 cm³/mol. The fraction of sp³-hybridized carbons (Fsp3) is 0.440. The zero-order chi connectivity index (χ0) is 25.0. The molecule has 0 radical (unpaired) electrons. The number of benzene rings is 2. The lowest BCUT2D eigenvalue weighted by atomic mass is 10.1. The molecule has 0 spiro atoms. The Morgan fingerprint density at radius 3 is 2.57 bits per heavy atom. The fourth-order valence-electron chi connectivity index (χ4n) is 4.40. The Morgan fingerprint density at radius 2 is 1.89 bits per heavy atom. The molecule has 0 bridgehead atoms. The van der Waals surface area contributed by atoms with Gasteiger partial charge in [0.15, 0.2) is 0 Å². The highest BCUT2D eigenvalue weighted by Crippen LogP contribution is 2.29. The molecular formula is C25H31N3O6S. The van der Waals surface area contributed by atoms with E-state index >= 15 is 0 Å². The molecule has 2 aliphatic rings. The molecule has 0 saturated carbocycles. The molecule has 4 rings (SSSR count). The third-order valence-corrected chi connectivity index (χ3v) is 8.23. The number of ether oxygens (including phenoxy) is 2. The molecule has 0 unspecified atom stereocenters. The van der Waals surface area contributed by atoms with Crippen LogP contribution in [0.15, 0.2) is 41.3 Å². The van der Waals surface area contributed by atoms with Gasteiger partial charge in [-0.2, -0.15) is 4.31 Å². The summed E-state index contributed by atoms with van der Waals surface area (Å²) >= 11 is 0. The standard InChI is InChI=1S/C25H31N3O6S/c1-18-5-7-20(17-22(18)28-11-3-4-25(28)30)26-24(29)10-6-19-16-21(8-9-23(19)33-2)35(31,32)27-12-14-34-15-13-27/h5,7-9,16-17H,3-4,6,10-15H2,1-2H3,(H,26,29). The molecule has 2 aromatic rings. The van der Waals surface area contributed by atoms with Crippen LogP contribution >= 0.6 is 0 Å². The van der Waals surface area contributed by atoms with Crippen molar-refractivity contribution in [2.24, 2.45) is 0 Å². The Morgan fingerprint density at radius 1 is 1.11 bits per heavy atom.